The van der Waals surface area contributed by atoms with E-state index in [-0.39, 0.29) is 0 Å². The second-order valence-corrected chi connectivity index (χ2v) is 6.27. The van der Waals surface area contributed by atoms with E-state index in [2.05, 4.69) is 31.7 Å². The van der Waals surface area contributed by atoms with Crippen LogP contribution in [-0.2, 0) is 13.1 Å². The number of benzene rings is 1. The normalized spacial score (nSPS) is 10.4. The summed E-state index contributed by atoms with van der Waals surface area (Å²) in [6.45, 7) is 2.36. The fraction of sp³-hybridized carbons (Fsp3) is 0.286. The highest BCUT2D eigenvalue weighted by atomic mass is 79.9. The van der Waals surface area contributed by atoms with Crippen molar-refractivity contribution < 1.29 is 0 Å². The summed E-state index contributed by atoms with van der Waals surface area (Å²) in [5.74, 6) is 0. The van der Waals surface area contributed by atoms with E-state index in [1.165, 1.54) is 0 Å². The molecule has 1 aromatic heterocycles. The molecule has 7 heteroatoms. The average molecular weight is 388 g/mol. The minimum absolute atomic E-state index is 0.659. The number of aromatic nitrogens is 2. The molecule has 0 radical (unpaired) electrons. The highest BCUT2D eigenvalue weighted by Gasteiger charge is 1.98. The van der Waals surface area contributed by atoms with Crippen molar-refractivity contribution in [2.75, 3.05) is 6.54 Å². The molecule has 0 fully saturated rings. The van der Waals surface area contributed by atoms with Crippen LogP contribution in [0.25, 0.3) is 0 Å². The van der Waals surface area contributed by atoms with Crippen LogP contribution in [0.5, 0.6) is 0 Å². The fourth-order valence-electron chi connectivity index (χ4n) is 1.75. The molecule has 0 atom stereocenters. The van der Waals surface area contributed by atoms with Crippen molar-refractivity contribution >= 4 is 44.9 Å². The Balaban J connectivity index is 1.60. The van der Waals surface area contributed by atoms with Gasteiger partial charge in [-0.2, -0.15) is 5.10 Å². The molecule has 1 heterocycles. The number of aryl methyl sites for hydroxylation is 1. The maximum Gasteiger partial charge on any atom is 0.166 e. The number of thiocarbonyl (C=S) groups is 1. The van der Waals surface area contributed by atoms with Gasteiger partial charge in [0, 0.05) is 30.9 Å². The molecular formula is C14H16BrClN4S. The van der Waals surface area contributed by atoms with E-state index >= 15 is 0 Å². The summed E-state index contributed by atoms with van der Waals surface area (Å²) in [4.78, 5) is 0. The average Bonchev–Trinajstić information content (AvgIpc) is 2.89. The number of rotatable bonds is 6. The van der Waals surface area contributed by atoms with E-state index in [4.69, 9.17) is 23.8 Å². The van der Waals surface area contributed by atoms with Crippen molar-refractivity contribution in [2.24, 2.45) is 0 Å². The van der Waals surface area contributed by atoms with Crippen molar-refractivity contribution in [2.45, 2.75) is 19.5 Å². The Kier molecular flexibility index (Phi) is 6.48. The van der Waals surface area contributed by atoms with Crippen LogP contribution in [0.2, 0.25) is 5.02 Å². The first-order chi connectivity index (χ1) is 10.1. The summed E-state index contributed by atoms with van der Waals surface area (Å²) in [5, 5.41) is 11.9. The predicted octanol–water partition coefficient (Wildman–Crippen LogP) is 3.35. The highest BCUT2D eigenvalue weighted by Crippen LogP contribution is 2.09. The van der Waals surface area contributed by atoms with Crippen molar-refractivity contribution in [3.05, 3.63) is 51.7 Å². The first-order valence-corrected chi connectivity index (χ1v) is 8.15. The minimum atomic E-state index is 0.659. The van der Waals surface area contributed by atoms with Gasteiger partial charge in [-0.3, -0.25) is 4.68 Å². The highest BCUT2D eigenvalue weighted by molar-refractivity contribution is 9.10. The maximum atomic E-state index is 5.84. The molecule has 0 aliphatic heterocycles. The monoisotopic (exact) mass is 386 g/mol. The van der Waals surface area contributed by atoms with E-state index in [0.717, 1.165) is 34.6 Å². The molecule has 0 unspecified atom stereocenters. The van der Waals surface area contributed by atoms with Crippen molar-refractivity contribution in [1.29, 1.82) is 0 Å². The van der Waals surface area contributed by atoms with E-state index in [9.17, 15) is 0 Å². The van der Waals surface area contributed by atoms with E-state index < -0.39 is 0 Å². The van der Waals surface area contributed by atoms with Gasteiger partial charge in [-0.25, -0.2) is 0 Å². The van der Waals surface area contributed by atoms with Gasteiger partial charge in [-0.05, 0) is 52.3 Å². The van der Waals surface area contributed by atoms with Crippen LogP contribution in [0.15, 0.2) is 41.1 Å². The summed E-state index contributed by atoms with van der Waals surface area (Å²) < 4.78 is 2.89. The SMILES string of the molecule is S=C(NCCCn1cc(Br)cn1)NCc1ccc(Cl)cc1. The zero-order chi connectivity index (χ0) is 15.1. The summed E-state index contributed by atoms with van der Waals surface area (Å²) in [7, 11) is 0. The van der Waals surface area contributed by atoms with Crippen LogP contribution in [0.4, 0.5) is 0 Å². The lowest BCUT2D eigenvalue weighted by atomic mass is 10.2. The van der Waals surface area contributed by atoms with Crippen molar-refractivity contribution in [3.8, 4) is 0 Å². The second-order valence-electron chi connectivity index (χ2n) is 4.51. The first kappa shape index (κ1) is 16.3. The van der Waals surface area contributed by atoms with Gasteiger partial charge < -0.3 is 10.6 Å². The summed E-state index contributed by atoms with van der Waals surface area (Å²) >= 11 is 14.5. The Bertz CT molecular complexity index is 585. The second kappa shape index (κ2) is 8.36. The van der Waals surface area contributed by atoms with Crippen LogP contribution in [0, 0.1) is 0 Å². The molecule has 4 nitrogen and oxygen atoms in total. The van der Waals surface area contributed by atoms with E-state index in [1.807, 2.05) is 35.1 Å². The maximum absolute atomic E-state index is 5.84. The van der Waals surface area contributed by atoms with Gasteiger partial charge in [0.1, 0.15) is 0 Å². The van der Waals surface area contributed by atoms with Gasteiger partial charge in [-0.15, -0.1) is 0 Å². The molecule has 2 aromatic rings. The molecule has 0 aliphatic rings. The third kappa shape index (κ3) is 6.03. The Morgan fingerprint density at radius 3 is 2.71 bits per heavy atom. The first-order valence-electron chi connectivity index (χ1n) is 6.57. The molecule has 2 N–H and O–H groups in total. The topological polar surface area (TPSA) is 41.9 Å². The third-order valence-electron chi connectivity index (χ3n) is 2.82. The van der Waals surface area contributed by atoms with Crippen LogP contribution >= 0.6 is 39.7 Å². The predicted molar refractivity (Wildman–Crippen MR) is 93.4 cm³/mol. The molecule has 0 saturated carbocycles. The molecule has 112 valence electrons. The number of hydrogen-bond acceptors (Lipinski definition) is 2. The number of hydrogen-bond donors (Lipinski definition) is 2. The number of nitrogens with zero attached hydrogens (tertiary/aromatic N) is 2. The van der Waals surface area contributed by atoms with E-state index in [0.29, 0.717) is 11.7 Å². The summed E-state index contributed by atoms with van der Waals surface area (Å²) in [5.41, 5.74) is 1.14. The lowest BCUT2D eigenvalue weighted by molar-refractivity contribution is 0.571. The molecule has 0 saturated heterocycles. The molecule has 0 bridgehead atoms. The van der Waals surface area contributed by atoms with Crippen LogP contribution in [-0.4, -0.2) is 21.4 Å². The Hall–Kier alpha value is -1.11. The smallest absolute Gasteiger partial charge is 0.166 e. The number of halogens is 2. The Morgan fingerprint density at radius 1 is 1.29 bits per heavy atom. The van der Waals surface area contributed by atoms with Gasteiger partial charge in [0.2, 0.25) is 0 Å². The van der Waals surface area contributed by atoms with Crippen LogP contribution in [0.3, 0.4) is 0 Å². The molecule has 0 spiro atoms. The standard InChI is InChI=1S/C14H16BrClN4S/c15-12-9-19-20(10-12)7-1-6-17-14(21)18-8-11-2-4-13(16)5-3-11/h2-5,9-10H,1,6-8H2,(H2,17,18,21). The zero-order valence-corrected chi connectivity index (χ0v) is 14.5. The number of nitrogens with one attached hydrogen (secondary N) is 2. The largest absolute Gasteiger partial charge is 0.363 e. The summed E-state index contributed by atoms with van der Waals surface area (Å²) in [6.07, 6.45) is 4.69. The third-order valence-corrected chi connectivity index (χ3v) is 3.77. The van der Waals surface area contributed by atoms with Gasteiger partial charge >= 0.3 is 0 Å². The molecule has 0 aliphatic carbocycles. The molecule has 2 rings (SSSR count). The molecule has 1 aromatic carbocycles. The van der Waals surface area contributed by atoms with E-state index in [1.54, 1.807) is 6.20 Å². The minimum Gasteiger partial charge on any atom is -0.363 e. The van der Waals surface area contributed by atoms with Crippen LogP contribution in [0.1, 0.15) is 12.0 Å². The molecule has 0 amide bonds. The van der Waals surface area contributed by atoms with Crippen molar-refractivity contribution in [1.82, 2.24) is 20.4 Å². The van der Waals surface area contributed by atoms with Crippen LogP contribution < -0.4 is 10.6 Å². The van der Waals surface area contributed by atoms with Gasteiger partial charge in [0.25, 0.3) is 0 Å². The van der Waals surface area contributed by atoms with Crippen molar-refractivity contribution in [3.63, 3.8) is 0 Å². The fourth-order valence-corrected chi connectivity index (χ4v) is 2.38. The Morgan fingerprint density at radius 2 is 2.05 bits per heavy atom. The zero-order valence-electron chi connectivity index (χ0n) is 11.4. The lowest BCUT2D eigenvalue weighted by Crippen LogP contribution is -2.35. The van der Waals surface area contributed by atoms with Gasteiger partial charge in [-0.1, -0.05) is 23.7 Å². The molecular weight excluding hydrogens is 372 g/mol. The van der Waals surface area contributed by atoms with Gasteiger partial charge in [0.05, 0.1) is 10.7 Å². The summed E-state index contributed by atoms with van der Waals surface area (Å²) in [6, 6.07) is 7.70. The Labute approximate surface area is 143 Å². The lowest BCUT2D eigenvalue weighted by Gasteiger charge is -2.10. The van der Waals surface area contributed by atoms with Gasteiger partial charge in [0.15, 0.2) is 5.11 Å². The molecule has 21 heavy (non-hydrogen) atoms. The quantitative estimate of drug-likeness (QED) is 0.589.